The number of hydrogen-bond donors (Lipinski definition) is 1. The Labute approximate surface area is 192 Å². The number of hydrogen-bond acceptors (Lipinski definition) is 8. The highest BCUT2D eigenvalue weighted by Crippen LogP contribution is 2.28. The van der Waals surface area contributed by atoms with Crippen LogP contribution < -0.4 is 10.2 Å². The maximum Gasteiger partial charge on any atom is 0.255 e. The maximum atomic E-state index is 12.9. The van der Waals surface area contributed by atoms with Gasteiger partial charge in [-0.25, -0.2) is 9.97 Å². The zero-order valence-corrected chi connectivity index (χ0v) is 18.9. The molecule has 1 aliphatic heterocycles. The lowest BCUT2D eigenvalue weighted by Crippen LogP contribution is -2.36. The molecule has 0 radical (unpaired) electrons. The first-order valence-electron chi connectivity index (χ1n) is 10.8. The normalized spacial score (nSPS) is 14.1. The maximum absolute atomic E-state index is 12.9. The summed E-state index contributed by atoms with van der Waals surface area (Å²) in [6.45, 7) is 8.24. The molecule has 2 aromatic heterocycles. The largest absolute Gasteiger partial charge is 0.378 e. The van der Waals surface area contributed by atoms with Gasteiger partial charge in [0.25, 0.3) is 5.91 Å². The molecule has 0 saturated carbocycles. The minimum absolute atomic E-state index is 0.299. The van der Waals surface area contributed by atoms with E-state index in [0.29, 0.717) is 30.2 Å². The number of amides is 1. The first-order chi connectivity index (χ1) is 15.9. The second-order valence-electron chi connectivity index (χ2n) is 8.42. The monoisotopic (exact) mass is 446 g/mol. The molecule has 1 amide bonds. The minimum Gasteiger partial charge on any atom is -0.378 e. The van der Waals surface area contributed by atoms with Gasteiger partial charge in [0.1, 0.15) is 17.7 Å². The van der Waals surface area contributed by atoms with Crippen LogP contribution in [-0.2, 0) is 10.3 Å². The van der Waals surface area contributed by atoms with Gasteiger partial charge in [-0.2, -0.15) is 0 Å². The van der Waals surface area contributed by atoms with E-state index in [2.05, 4.69) is 30.3 Å². The number of ether oxygens (including phenoxy) is 1. The number of anilines is 2. The van der Waals surface area contributed by atoms with Crippen LogP contribution in [0.4, 0.5) is 11.5 Å². The molecule has 0 unspecified atom stereocenters. The lowest BCUT2D eigenvalue weighted by atomic mass is 9.99. The summed E-state index contributed by atoms with van der Waals surface area (Å²) < 4.78 is 5.43. The second-order valence-corrected chi connectivity index (χ2v) is 8.42. The van der Waals surface area contributed by atoms with Crippen LogP contribution in [0.3, 0.4) is 0 Å². The number of morpholine rings is 1. The fraction of sp³-hybridized carbons (Fsp3) is 0.333. The zero-order chi connectivity index (χ0) is 23.4. The summed E-state index contributed by atoms with van der Waals surface area (Å²) in [6, 6.07) is 10.8. The predicted molar refractivity (Wildman–Crippen MR) is 126 cm³/mol. The van der Waals surface area contributed by atoms with Crippen molar-refractivity contribution in [3.63, 3.8) is 0 Å². The van der Waals surface area contributed by atoms with Gasteiger partial charge in [0.15, 0.2) is 0 Å². The van der Waals surface area contributed by atoms with Gasteiger partial charge in [0.05, 0.1) is 24.6 Å². The predicted octanol–water partition coefficient (Wildman–Crippen LogP) is 3.94. The molecule has 4 rings (SSSR count). The number of aryl methyl sites for hydroxylation is 1. The van der Waals surface area contributed by atoms with Gasteiger partial charge in [-0.3, -0.25) is 9.78 Å². The van der Waals surface area contributed by atoms with Crippen LogP contribution in [0.15, 0.2) is 54.1 Å². The second kappa shape index (κ2) is 9.41. The molecule has 1 aromatic carbocycles. The molecule has 1 N–H and O–H groups in total. The van der Waals surface area contributed by atoms with E-state index >= 15 is 0 Å². The van der Waals surface area contributed by atoms with Crippen LogP contribution >= 0.6 is 0 Å². The highest BCUT2D eigenvalue weighted by Gasteiger charge is 2.24. The molecule has 0 atom stereocenters. The molecule has 170 valence electrons. The third-order valence-corrected chi connectivity index (χ3v) is 5.64. The number of aromatic nitrogens is 3. The molecule has 1 aliphatic rings. The summed E-state index contributed by atoms with van der Waals surface area (Å²) in [5.41, 5.74) is 3.18. The number of pyridine rings is 1. The average Bonchev–Trinajstić information content (AvgIpc) is 2.86. The molecule has 33 heavy (non-hydrogen) atoms. The first kappa shape index (κ1) is 22.5. The highest BCUT2D eigenvalue weighted by molar-refractivity contribution is 6.04. The van der Waals surface area contributed by atoms with Crippen molar-refractivity contribution in [3.8, 4) is 11.3 Å². The molecular weight excluding hydrogens is 420 g/mol. The van der Waals surface area contributed by atoms with Crippen molar-refractivity contribution in [2.75, 3.05) is 36.5 Å². The Hall–Kier alpha value is -3.72. The Morgan fingerprint density at radius 3 is 2.64 bits per heavy atom. The number of nitrogens with one attached hydrogen (secondary N) is 1. The smallest absolute Gasteiger partial charge is 0.255 e. The highest BCUT2D eigenvalue weighted by atomic mass is 16.5. The SMILES string of the molecule is Cc1ccc(NC(=O)c2ccnc(C(C)(C)N=O)c2)cc1-c1cc(N2CCOCC2)ncn1. The molecule has 3 heterocycles. The number of benzene rings is 1. The molecular formula is C24H26N6O3. The van der Waals surface area contributed by atoms with Crippen molar-refractivity contribution < 1.29 is 9.53 Å². The van der Waals surface area contributed by atoms with Crippen molar-refractivity contribution in [3.05, 3.63) is 70.7 Å². The third-order valence-electron chi connectivity index (χ3n) is 5.64. The van der Waals surface area contributed by atoms with Crippen molar-refractivity contribution in [2.24, 2.45) is 5.18 Å². The summed E-state index contributed by atoms with van der Waals surface area (Å²) in [5, 5.41) is 6.03. The number of nitrogens with zero attached hydrogens (tertiary/aromatic N) is 5. The van der Waals surface area contributed by atoms with Crippen LogP contribution in [0, 0.1) is 11.8 Å². The summed E-state index contributed by atoms with van der Waals surface area (Å²) in [6.07, 6.45) is 3.07. The van der Waals surface area contributed by atoms with Crippen molar-refractivity contribution in [1.29, 1.82) is 0 Å². The molecule has 1 saturated heterocycles. The fourth-order valence-corrected chi connectivity index (χ4v) is 3.59. The fourth-order valence-electron chi connectivity index (χ4n) is 3.59. The molecule has 0 bridgehead atoms. The van der Waals surface area contributed by atoms with E-state index in [9.17, 15) is 9.70 Å². The molecule has 9 heteroatoms. The molecule has 9 nitrogen and oxygen atoms in total. The zero-order valence-electron chi connectivity index (χ0n) is 18.9. The lowest BCUT2D eigenvalue weighted by Gasteiger charge is -2.27. The summed E-state index contributed by atoms with van der Waals surface area (Å²) in [4.78, 5) is 39.2. The molecule has 0 aliphatic carbocycles. The van der Waals surface area contributed by atoms with Gasteiger partial charge < -0.3 is 15.0 Å². The average molecular weight is 447 g/mol. The lowest BCUT2D eigenvalue weighted by molar-refractivity contribution is 0.102. The van der Waals surface area contributed by atoms with Crippen LogP contribution in [0.25, 0.3) is 11.3 Å². The van der Waals surface area contributed by atoms with Gasteiger partial charge >= 0.3 is 0 Å². The number of carbonyl (C=O) groups is 1. The molecule has 3 aromatic rings. The summed E-state index contributed by atoms with van der Waals surface area (Å²) >= 11 is 0. The van der Waals surface area contributed by atoms with Crippen molar-refractivity contribution in [2.45, 2.75) is 26.3 Å². The van der Waals surface area contributed by atoms with Gasteiger partial charge in [0, 0.05) is 42.2 Å². The first-order valence-corrected chi connectivity index (χ1v) is 10.8. The quantitative estimate of drug-likeness (QED) is 0.571. The van der Waals surface area contributed by atoms with E-state index in [0.717, 1.165) is 35.7 Å². The van der Waals surface area contributed by atoms with Gasteiger partial charge in [-0.1, -0.05) is 11.2 Å². The van der Waals surface area contributed by atoms with E-state index in [1.807, 2.05) is 31.2 Å². The van der Waals surface area contributed by atoms with Crippen molar-refractivity contribution in [1.82, 2.24) is 15.0 Å². The van der Waals surface area contributed by atoms with Crippen LogP contribution in [0.5, 0.6) is 0 Å². The van der Waals surface area contributed by atoms with Crippen LogP contribution in [0.1, 0.15) is 35.5 Å². The van der Waals surface area contributed by atoms with E-state index in [4.69, 9.17) is 4.74 Å². The summed E-state index contributed by atoms with van der Waals surface area (Å²) in [7, 11) is 0. The Morgan fingerprint density at radius 2 is 1.88 bits per heavy atom. The van der Waals surface area contributed by atoms with Gasteiger partial charge in [-0.05, 0) is 50.6 Å². The van der Waals surface area contributed by atoms with Crippen molar-refractivity contribution >= 4 is 17.4 Å². The van der Waals surface area contributed by atoms with Gasteiger partial charge in [0.2, 0.25) is 0 Å². The molecule has 1 fully saturated rings. The Balaban J connectivity index is 1.58. The van der Waals surface area contributed by atoms with E-state index < -0.39 is 5.54 Å². The number of nitroso groups, excluding NO2 is 1. The Bertz CT molecular complexity index is 1170. The third kappa shape index (κ3) is 5.04. The standard InChI is InChI=1S/C24H26N6O3/c1-16-4-5-18(28-23(31)17-6-7-25-21(12-17)24(2,3)29-32)13-19(16)20-14-22(27-15-26-20)30-8-10-33-11-9-30/h4-7,12-15H,8-11H2,1-3H3,(H,28,31). The Morgan fingerprint density at radius 1 is 1.09 bits per heavy atom. The van der Waals surface area contributed by atoms with E-state index in [-0.39, 0.29) is 5.91 Å². The van der Waals surface area contributed by atoms with E-state index in [1.54, 1.807) is 32.3 Å². The van der Waals surface area contributed by atoms with Gasteiger partial charge in [-0.15, -0.1) is 4.91 Å². The Kier molecular flexibility index (Phi) is 6.41. The number of rotatable bonds is 6. The van der Waals surface area contributed by atoms with Crippen LogP contribution in [0.2, 0.25) is 0 Å². The molecule has 0 spiro atoms. The topological polar surface area (TPSA) is 110 Å². The van der Waals surface area contributed by atoms with E-state index in [1.165, 1.54) is 6.20 Å². The number of carbonyl (C=O) groups excluding carboxylic acids is 1. The van der Waals surface area contributed by atoms with Crippen LogP contribution in [-0.4, -0.2) is 47.2 Å². The minimum atomic E-state index is -1.02. The summed E-state index contributed by atoms with van der Waals surface area (Å²) in [5.74, 6) is 0.555.